The van der Waals surface area contributed by atoms with Crippen molar-refractivity contribution in [2.24, 2.45) is 16.8 Å². The molecule has 0 radical (unpaired) electrons. The van der Waals surface area contributed by atoms with Gasteiger partial charge in [-0.25, -0.2) is 0 Å². The molecule has 1 atom stereocenters. The molecule has 19 heavy (non-hydrogen) atoms. The summed E-state index contributed by atoms with van der Waals surface area (Å²) in [5, 5.41) is 14.1. The number of rotatable bonds is 4. The minimum absolute atomic E-state index is 0.00981. The van der Waals surface area contributed by atoms with Crippen LogP contribution in [0, 0.1) is 5.92 Å². The lowest BCUT2D eigenvalue weighted by molar-refractivity contribution is -0.137. The lowest BCUT2D eigenvalue weighted by atomic mass is 10.1. The van der Waals surface area contributed by atoms with Crippen LogP contribution in [0.2, 0.25) is 0 Å². The molecule has 0 aliphatic heterocycles. The number of amidine groups is 1. The third kappa shape index (κ3) is 4.30. The molecule has 1 aromatic rings. The van der Waals surface area contributed by atoms with Crippen LogP contribution in [-0.2, 0) is 6.18 Å². The minimum atomic E-state index is -4.39. The number of benzene rings is 1. The zero-order valence-electron chi connectivity index (χ0n) is 10.0. The van der Waals surface area contributed by atoms with Crippen LogP contribution in [-0.4, -0.2) is 17.6 Å². The first-order valence-corrected chi connectivity index (χ1v) is 6.13. The topological polar surface area (TPSA) is 70.6 Å². The van der Waals surface area contributed by atoms with Gasteiger partial charge in [0, 0.05) is 22.6 Å². The molecule has 0 heterocycles. The number of hydrogen-bond donors (Lipinski definition) is 3. The van der Waals surface area contributed by atoms with Gasteiger partial charge in [0.1, 0.15) is 5.84 Å². The minimum Gasteiger partial charge on any atom is -0.409 e. The Kier molecular flexibility index (Phi) is 5.04. The van der Waals surface area contributed by atoms with Crippen molar-refractivity contribution in [1.29, 1.82) is 0 Å². The van der Waals surface area contributed by atoms with Gasteiger partial charge in [-0.3, -0.25) is 0 Å². The number of oxime groups is 1. The monoisotopic (exact) mass is 339 g/mol. The van der Waals surface area contributed by atoms with Crippen molar-refractivity contribution in [3.63, 3.8) is 0 Å². The van der Waals surface area contributed by atoms with Gasteiger partial charge in [-0.1, -0.05) is 12.1 Å². The lowest BCUT2D eigenvalue weighted by Gasteiger charge is -2.15. The van der Waals surface area contributed by atoms with Crippen molar-refractivity contribution in [3.05, 3.63) is 28.2 Å². The van der Waals surface area contributed by atoms with Gasteiger partial charge in [0.05, 0.1) is 5.56 Å². The van der Waals surface area contributed by atoms with Gasteiger partial charge in [0.15, 0.2) is 0 Å². The molecule has 0 bridgehead atoms. The summed E-state index contributed by atoms with van der Waals surface area (Å²) >= 11 is 3.16. The Hall–Kier alpha value is -1.44. The van der Waals surface area contributed by atoms with Gasteiger partial charge in [-0.15, -0.1) is 0 Å². The van der Waals surface area contributed by atoms with Gasteiger partial charge >= 0.3 is 6.18 Å². The van der Waals surface area contributed by atoms with E-state index in [1.165, 1.54) is 6.07 Å². The fourth-order valence-corrected chi connectivity index (χ4v) is 1.69. The van der Waals surface area contributed by atoms with E-state index >= 15 is 0 Å². The second kappa shape index (κ2) is 6.14. The van der Waals surface area contributed by atoms with Gasteiger partial charge in [-0.05, 0) is 34.1 Å². The Balaban J connectivity index is 2.84. The predicted molar refractivity (Wildman–Crippen MR) is 70.2 cm³/mol. The third-order valence-electron chi connectivity index (χ3n) is 2.51. The number of nitrogens with two attached hydrogens (primary N) is 1. The number of hydrogen-bond acceptors (Lipinski definition) is 3. The summed E-state index contributed by atoms with van der Waals surface area (Å²) < 4.78 is 38.2. The normalized spacial score (nSPS) is 14.3. The van der Waals surface area contributed by atoms with E-state index in [4.69, 9.17) is 10.9 Å². The van der Waals surface area contributed by atoms with Crippen molar-refractivity contribution >= 4 is 27.5 Å². The summed E-state index contributed by atoms with van der Waals surface area (Å²) in [4.78, 5) is 0. The Morgan fingerprint density at radius 3 is 2.68 bits per heavy atom. The third-order valence-corrected chi connectivity index (χ3v) is 3.20. The molecule has 106 valence electrons. The van der Waals surface area contributed by atoms with Crippen LogP contribution < -0.4 is 11.1 Å². The fraction of sp³-hybridized carbons (Fsp3) is 0.364. The first kappa shape index (κ1) is 15.6. The van der Waals surface area contributed by atoms with Crippen molar-refractivity contribution < 1.29 is 18.4 Å². The van der Waals surface area contributed by atoms with Crippen LogP contribution >= 0.6 is 15.9 Å². The molecule has 1 rings (SSSR count). The molecule has 1 aromatic carbocycles. The highest BCUT2D eigenvalue weighted by Crippen LogP contribution is 2.33. The van der Waals surface area contributed by atoms with Crippen molar-refractivity contribution in [3.8, 4) is 0 Å². The predicted octanol–water partition coefficient (Wildman–Crippen LogP) is 3.26. The molecule has 0 aromatic heterocycles. The van der Waals surface area contributed by atoms with Crippen LogP contribution in [0.3, 0.4) is 0 Å². The SMILES string of the molecule is CC(CNc1cc(C(F)(F)F)ccc1Br)/C(N)=N/O. The quantitative estimate of drug-likeness (QED) is 0.341. The Bertz CT molecular complexity index is 477. The number of anilines is 1. The molecule has 8 heteroatoms. The summed E-state index contributed by atoms with van der Waals surface area (Å²) in [6, 6.07) is 3.31. The first-order chi connectivity index (χ1) is 8.75. The van der Waals surface area contributed by atoms with Gasteiger partial charge in [0.25, 0.3) is 0 Å². The molecular formula is C11H13BrF3N3O. The Morgan fingerprint density at radius 2 is 2.16 bits per heavy atom. The zero-order valence-corrected chi connectivity index (χ0v) is 11.6. The van der Waals surface area contributed by atoms with Gasteiger partial charge in [-0.2, -0.15) is 13.2 Å². The maximum Gasteiger partial charge on any atom is 0.416 e. The molecule has 0 aliphatic carbocycles. The number of nitrogens with zero attached hydrogens (tertiary/aromatic N) is 1. The largest absolute Gasteiger partial charge is 0.416 e. The molecular weight excluding hydrogens is 327 g/mol. The van der Waals surface area contributed by atoms with E-state index in [0.29, 0.717) is 10.2 Å². The average molecular weight is 340 g/mol. The highest BCUT2D eigenvalue weighted by Gasteiger charge is 2.30. The van der Waals surface area contributed by atoms with E-state index in [1.54, 1.807) is 6.92 Å². The standard InChI is InChI=1S/C11H13BrF3N3O/c1-6(10(16)18-19)5-17-9-4-7(11(13,14)15)2-3-8(9)12/h2-4,6,17,19H,5H2,1H3,(H2,16,18). The van der Waals surface area contributed by atoms with Crippen molar-refractivity contribution in [1.82, 2.24) is 0 Å². The summed E-state index contributed by atoms with van der Waals surface area (Å²) in [5.41, 5.74) is 4.94. The molecule has 4 N–H and O–H groups in total. The molecule has 4 nitrogen and oxygen atoms in total. The van der Waals surface area contributed by atoms with Crippen LogP contribution in [0.5, 0.6) is 0 Å². The van der Waals surface area contributed by atoms with E-state index in [1.807, 2.05) is 0 Å². The van der Waals surface area contributed by atoms with Crippen LogP contribution in [0.15, 0.2) is 27.8 Å². The summed E-state index contributed by atoms with van der Waals surface area (Å²) in [6.45, 7) is 1.93. The maximum absolute atomic E-state index is 12.6. The second-order valence-corrected chi connectivity index (χ2v) is 4.85. The van der Waals surface area contributed by atoms with E-state index in [-0.39, 0.29) is 18.3 Å². The highest BCUT2D eigenvalue weighted by atomic mass is 79.9. The Morgan fingerprint density at radius 1 is 1.53 bits per heavy atom. The number of halogens is 4. The first-order valence-electron chi connectivity index (χ1n) is 5.33. The highest BCUT2D eigenvalue weighted by molar-refractivity contribution is 9.10. The summed E-state index contributed by atoms with van der Waals surface area (Å²) in [7, 11) is 0. The molecule has 0 fully saturated rings. The van der Waals surface area contributed by atoms with Crippen molar-refractivity contribution in [2.45, 2.75) is 13.1 Å². The molecule has 0 aliphatic rings. The lowest BCUT2D eigenvalue weighted by Crippen LogP contribution is -2.27. The average Bonchev–Trinajstić information content (AvgIpc) is 2.35. The number of alkyl halides is 3. The summed E-state index contributed by atoms with van der Waals surface area (Å²) in [5.74, 6) is -0.304. The van der Waals surface area contributed by atoms with E-state index in [0.717, 1.165) is 12.1 Å². The van der Waals surface area contributed by atoms with E-state index < -0.39 is 11.7 Å². The zero-order chi connectivity index (χ0) is 14.6. The molecule has 0 spiro atoms. The molecule has 0 saturated carbocycles. The summed E-state index contributed by atoms with van der Waals surface area (Å²) in [6.07, 6.45) is -4.39. The molecule has 1 unspecified atom stereocenters. The van der Waals surface area contributed by atoms with Crippen molar-refractivity contribution in [2.75, 3.05) is 11.9 Å². The van der Waals surface area contributed by atoms with Gasteiger partial charge < -0.3 is 16.3 Å². The van der Waals surface area contributed by atoms with E-state index in [2.05, 4.69) is 26.4 Å². The van der Waals surface area contributed by atoms with E-state index in [9.17, 15) is 13.2 Å². The Labute approximate surface area is 116 Å². The van der Waals surface area contributed by atoms with Gasteiger partial charge in [0.2, 0.25) is 0 Å². The smallest absolute Gasteiger partial charge is 0.409 e. The second-order valence-electron chi connectivity index (χ2n) is 4.00. The van der Waals surface area contributed by atoms with Crippen LogP contribution in [0.25, 0.3) is 0 Å². The van der Waals surface area contributed by atoms with Crippen LogP contribution in [0.1, 0.15) is 12.5 Å². The fourth-order valence-electron chi connectivity index (χ4n) is 1.30. The molecule has 0 amide bonds. The number of nitrogens with one attached hydrogen (secondary N) is 1. The maximum atomic E-state index is 12.6. The molecule has 0 saturated heterocycles. The van der Waals surface area contributed by atoms with Crippen LogP contribution in [0.4, 0.5) is 18.9 Å².